The Balaban J connectivity index is 1.67. The van der Waals surface area contributed by atoms with E-state index in [9.17, 15) is 4.79 Å². The largest absolute Gasteiger partial charge is 0.378 e. The van der Waals surface area contributed by atoms with Crippen LogP contribution >= 0.6 is 0 Å². The fourth-order valence-electron chi connectivity index (χ4n) is 3.81. The minimum Gasteiger partial charge on any atom is -0.378 e. The minimum absolute atomic E-state index is 0.0939. The molecule has 8 heteroatoms. The van der Waals surface area contributed by atoms with Crippen molar-refractivity contribution in [2.75, 3.05) is 55.7 Å². The number of urea groups is 1. The SMILES string of the molecule is CCNC(=O)N(CC)c1ccc(-c2nc3c(c(N4CCOCC4)n2)CCN=C3)cc1. The highest BCUT2D eigenvalue weighted by atomic mass is 16.5. The van der Waals surface area contributed by atoms with Gasteiger partial charge in [-0.1, -0.05) is 0 Å². The first-order valence-electron chi connectivity index (χ1n) is 10.6. The van der Waals surface area contributed by atoms with E-state index in [1.165, 1.54) is 5.56 Å². The number of nitrogens with zero attached hydrogens (tertiary/aromatic N) is 5. The van der Waals surface area contributed by atoms with Crippen LogP contribution in [0.15, 0.2) is 29.3 Å². The number of nitrogens with one attached hydrogen (secondary N) is 1. The number of hydrogen-bond acceptors (Lipinski definition) is 6. The number of aromatic nitrogens is 2. The molecule has 1 aromatic carbocycles. The summed E-state index contributed by atoms with van der Waals surface area (Å²) in [6.07, 6.45) is 2.71. The van der Waals surface area contributed by atoms with Gasteiger partial charge in [-0.15, -0.1) is 0 Å². The van der Waals surface area contributed by atoms with Crippen molar-refractivity contribution in [2.24, 2.45) is 4.99 Å². The second-order valence-corrected chi connectivity index (χ2v) is 7.25. The van der Waals surface area contributed by atoms with Crippen LogP contribution in [0.2, 0.25) is 0 Å². The Bertz CT molecular complexity index is 922. The van der Waals surface area contributed by atoms with Gasteiger partial charge in [-0.2, -0.15) is 0 Å². The molecule has 0 unspecified atom stereocenters. The Morgan fingerprint density at radius 1 is 1.17 bits per heavy atom. The van der Waals surface area contributed by atoms with Crippen molar-refractivity contribution in [3.63, 3.8) is 0 Å². The van der Waals surface area contributed by atoms with Crippen molar-refractivity contribution in [2.45, 2.75) is 20.3 Å². The summed E-state index contributed by atoms with van der Waals surface area (Å²) >= 11 is 0. The molecule has 30 heavy (non-hydrogen) atoms. The monoisotopic (exact) mass is 408 g/mol. The molecule has 2 amide bonds. The molecule has 0 spiro atoms. The van der Waals surface area contributed by atoms with E-state index in [-0.39, 0.29) is 6.03 Å². The molecule has 2 aromatic rings. The van der Waals surface area contributed by atoms with Crippen molar-refractivity contribution >= 4 is 23.8 Å². The number of carbonyl (C=O) groups is 1. The summed E-state index contributed by atoms with van der Waals surface area (Å²) in [7, 11) is 0. The van der Waals surface area contributed by atoms with Gasteiger partial charge in [0.1, 0.15) is 5.82 Å². The van der Waals surface area contributed by atoms with Gasteiger partial charge < -0.3 is 15.0 Å². The van der Waals surface area contributed by atoms with Gasteiger partial charge in [-0.05, 0) is 44.5 Å². The van der Waals surface area contributed by atoms with Gasteiger partial charge in [0.15, 0.2) is 5.82 Å². The van der Waals surface area contributed by atoms with E-state index in [2.05, 4.69) is 15.2 Å². The molecule has 1 fully saturated rings. The van der Waals surface area contributed by atoms with Crippen LogP contribution in [0.25, 0.3) is 11.4 Å². The molecule has 0 radical (unpaired) electrons. The molecule has 1 aromatic heterocycles. The summed E-state index contributed by atoms with van der Waals surface area (Å²) < 4.78 is 5.51. The Hall–Kier alpha value is -3.00. The number of ether oxygens (including phenoxy) is 1. The quantitative estimate of drug-likeness (QED) is 0.822. The predicted octanol–water partition coefficient (Wildman–Crippen LogP) is 2.51. The molecular formula is C22H28N6O2. The van der Waals surface area contributed by atoms with E-state index in [1.807, 2.05) is 44.3 Å². The molecule has 0 atom stereocenters. The van der Waals surface area contributed by atoms with E-state index >= 15 is 0 Å². The molecule has 8 nitrogen and oxygen atoms in total. The topological polar surface area (TPSA) is 83.0 Å². The van der Waals surface area contributed by atoms with Gasteiger partial charge in [0.2, 0.25) is 0 Å². The Kier molecular flexibility index (Phi) is 6.23. The second kappa shape index (κ2) is 9.21. The maximum Gasteiger partial charge on any atom is 0.321 e. The van der Waals surface area contributed by atoms with E-state index in [0.717, 1.165) is 48.8 Å². The zero-order valence-electron chi connectivity index (χ0n) is 17.6. The number of anilines is 2. The molecule has 0 saturated carbocycles. The summed E-state index contributed by atoms with van der Waals surface area (Å²) in [5.74, 6) is 1.67. The van der Waals surface area contributed by atoms with Crippen LogP contribution in [-0.2, 0) is 11.2 Å². The molecule has 0 aliphatic carbocycles. The van der Waals surface area contributed by atoms with Crippen LogP contribution in [0.1, 0.15) is 25.1 Å². The maximum absolute atomic E-state index is 12.3. The Labute approximate surface area is 177 Å². The lowest BCUT2D eigenvalue weighted by Crippen LogP contribution is -2.39. The molecule has 4 rings (SSSR count). The molecule has 158 valence electrons. The highest BCUT2D eigenvalue weighted by molar-refractivity contribution is 5.92. The lowest BCUT2D eigenvalue weighted by atomic mass is 10.1. The molecule has 2 aliphatic rings. The Morgan fingerprint density at radius 3 is 2.63 bits per heavy atom. The summed E-state index contributed by atoms with van der Waals surface area (Å²) in [6.45, 7) is 8.93. The van der Waals surface area contributed by atoms with Gasteiger partial charge in [0.05, 0.1) is 18.9 Å². The van der Waals surface area contributed by atoms with Gasteiger partial charge in [-0.3, -0.25) is 9.89 Å². The normalized spacial score (nSPS) is 15.6. The average molecular weight is 409 g/mol. The van der Waals surface area contributed by atoms with Crippen LogP contribution in [0.4, 0.5) is 16.3 Å². The first-order valence-corrected chi connectivity index (χ1v) is 10.6. The predicted molar refractivity (Wildman–Crippen MR) is 119 cm³/mol. The number of rotatable bonds is 5. The third-order valence-corrected chi connectivity index (χ3v) is 5.36. The van der Waals surface area contributed by atoms with Crippen LogP contribution in [0.3, 0.4) is 0 Å². The summed E-state index contributed by atoms with van der Waals surface area (Å²) in [6, 6.07) is 7.74. The molecule has 3 heterocycles. The van der Waals surface area contributed by atoms with Gasteiger partial charge in [0.25, 0.3) is 0 Å². The van der Waals surface area contributed by atoms with Gasteiger partial charge in [0, 0.05) is 55.8 Å². The van der Waals surface area contributed by atoms with E-state index < -0.39 is 0 Å². The standard InChI is InChI=1S/C22H28N6O2/c1-3-24-22(29)28(4-2)17-7-5-16(6-8-17)20-25-19-15-23-10-9-18(19)21(26-20)27-11-13-30-14-12-27/h5-8,15H,3-4,9-14H2,1-2H3,(H,24,29). The minimum atomic E-state index is -0.0939. The van der Waals surface area contributed by atoms with Crippen molar-refractivity contribution in [3.05, 3.63) is 35.5 Å². The average Bonchev–Trinajstić information content (AvgIpc) is 2.80. The molecule has 1 saturated heterocycles. The molecule has 2 aliphatic heterocycles. The van der Waals surface area contributed by atoms with E-state index in [1.54, 1.807) is 4.90 Å². The number of carbonyl (C=O) groups excluding carboxylic acids is 1. The third-order valence-electron chi connectivity index (χ3n) is 5.36. The van der Waals surface area contributed by atoms with Crippen molar-refractivity contribution in [1.82, 2.24) is 15.3 Å². The number of fused-ring (bicyclic) bond motifs is 1. The third kappa shape index (κ3) is 4.14. The van der Waals surface area contributed by atoms with Crippen LogP contribution in [0, 0.1) is 0 Å². The number of amides is 2. The summed E-state index contributed by atoms with van der Waals surface area (Å²) in [5.41, 5.74) is 3.83. The number of aliphatic imine (C=N–C) groups is 1. The van der Waals surface area contributed by atoms with Gasteiger partial charge >= 0.3 is 6.03 Å². The fourth-order valence-corrected chi connectivity index (χ4v) is 3.81. The number of benzene rings is 1. The van der Waals surface area contributed by atoms with Gasteiger partial charge in [-0.25, -0.2) is 14.8 Å². The first kappa shape index (κ1) is 20.3. The molecular weight excluding hydrogens is 380 g/mol. The highest BCUT2D eigenvalue weighted by Crippen LogP contribution is 2.28. The van der Waals surface area contributed by atoms with E-state index in [0.29, 0.717) is 32.1 Å². The van der Waals surface area contributed by atoms with Crippen LogP contribution in [-0.4, -0.2) is 68.2 Å². The summed E-state index contributed by atoms with van der Waals surface area (Å²) in [5, 5.41) is 2.85. The zero-order valence-corrected chi connectivity index (χ0v) is 17.6. The van der Waals surface area contributed by atoms with E-state index in [4.69, 9.17) is 14.7 Å². The fraction of sp³-hybridized carbons (Fsp3) is 0.455. The zero-order chi connectivity index (χ0) is 20.9. The lowest BCUT2D eigenvalue weighted by Gasteiger charge is -2.30. The van der Waals surface area contributed by atoms with Crippen LogP contribution < -0.4 is 15.1 Å². The molecule has 1 N–H and O–H groups in total. The lowest BCUT2D eigenvalue weighted by molar-refractivity contribution is 0.122. The van der Waals surface area contributed by atoms with Crippen molar-refractivity contribution in [1.29, 1.82) is 0 Å². The Morgan fingerprint density at radius 2 is 1.93 bits per heavy atom. The van der Waals surface area contributed by atoms with Crippen molar-refractivity contribution < 1.29 is 9.53 Å². The smallest absolute Gasteiger partial charge is 0.321 e. The first-order chi connectivity index (χ1) is 14.7. The van der Waals surface area contributed by atoms with Crippen LogP contribution in [0.5, 0.6) is 0 Å². The number of morpholine rings is 1. The molecule has 0 bridgehead atoms. The second-order valence-electron chi connectivity index (χ2n) is 7.25. The highest BCUT2D eigenvalue weighted by Gasteiger charge is 2.22. The summed E-state index contributed by atoms with van der Waals surface area (Å²) in [4.78, 5) is 30.4. The number of hydrogen-bond donors (Lipinski definition) is 1. The maximum atomic E-state index is 12.3. The van der Waals surface area contributed by atoms with Crippen molar-refractivity contribution in [3.8, 4) is 11.4 Å².